The number of fused-ring (bicyclic) bond motifs is 1. The number of H-pyrrole nitrogens is 1. The van der Waals surface area contributed by atoms with Crippen molar-refractivity contribution in [3.63, 3.8) is 0 Å². The Morgan fingerprint density at radius 3 is 2.46 bits per heavy atom. The first-order chi connectivity index (χ1) is 13.6. The van der Waals surface area contributed by atoms with E-state index >= 15 is 0 Å². The first-order valence-electron chi connectivity index (χ1n) is 8.68. The van der Waals surface area contributed by atoms with E-state index in [4.69, 9.17) is 4.74 Å². The van der Waals surface area contributed by atoms with E-state index in [1.807, 2.05) is 48.5 Å². The molecule has 0 saturated carbocycles. The number of hydrogen-bond acceptors (Lipinski definition) is 5. The third-order valence-corrected chi connectivity index (χ3v) is 4.07. The van der Waals surface area contributed by atoms with Gasteiger partial charge in [-0.25, -0.2) is 4.98 Å². The molecule has 28 heavy (non-hydrogen) atoms. The number of amides is 1. The molecule has 2 aromatic carbocycles. The summed E-state index contributed by atoms with van der Waals surface area (Å²) in [4.78, 5) is 33.3. The van der Waals surface area contributed by atoms with Gasteiger partial charge in [0.25, 0.3) is 17.2 Å². The van der Waals surface area contributed by atoms with Crippen LogP contribution >= 0.6 is 0 Å². The van der Waals surface area contributed by atoms with Crippen molar-refractivity contribution in [2.75, 3.05) is 5.32 Å². The molecule has 0 unspecified atom stereocenters. The molecule has 0 aliphatic rings. The fourth-order valence-electron chi connectivity index (χ4n) is 2.67. The number of hydrogen-bond donors (Lipinski definition) is 2. The average Bonchev–Trinajstić information content (AvgIpc) is 3.12. The Bertz CT molecular complexity index is 1170. The lowest BCUT2D eigenvalue weighted by Gasteiger charge is -2.13. The van der Waals surface area contributed by atoms with Crippen LogP contribution in [-0.2, 0) is 4.79 Å². The second-order valence-electron chi connectivity index (χ2n) is 6.12. The van der Waals surface area contributed by atoms with Crippen LogP contribution in [-0.4, -0.2) is 31.6 Å². The van der Waals surface area contributed by atoms with Crippen molar-refractivity contribution < 1.29 is 9.53 Å². The average molecular weight is 375 g/mol. The fourth-order valence-corrected chi connectivity index (χ4v) is 2.67. The summed E-state index contributed by atoms with van der Waals surface area (Å²) >= 11 is 0. The van der Waals surface area contributed by atoms with E-state index in [0.717, 1.165) is 5.56 Å². The Morgan fingerprint density at radius 1 is 1.07 bits per heavy atom. The minimum absolute atomic E-state index is 0.114. The predicted molar refractivity (Wildman–Crippen MR) is 104 cm³/mol. The van der Waals surface area contributed by atoms with Crippen molar-refractivity contribution in [2.45, 2.75) is 13.0 Å². The molecule has 0 spiro atoms. The second-order valence-corrected chi connectivity index (χ2v) is 6.12. The summed E-state index contributed by atoms with van der Waals surface area (Å²) in [6, 6.07) is 19.8. The summed E-state index contributed by atoms with van der Waals surface area (Å²) < 4.78 is 6.76. The maximum atomic E-state index is 12.4. The van der Waals surface area contributed by atoms with Crippen molar-refractivity contribution in [2.24, 2.45) is 0 Å². The molecule has 2 N–H and O–H groups in total. The lowest BCUT2D eigenvalue weighted by atomic mass is 10.1. The summed E-state index contributed by atoms with van der Waals surface area (Å²) in [6.07, 6.45) is -0.750. The Morgan fingerprint density at radius 2 is 1.75 bits per heavy atom. The van der Waals surface area contributed by atoms with Crippen LogP contribution in [0.15, 0.2) is 71.5 Å². The van der Waals surface area contributed by atoms with Gasteiger partial charge >= 0.3 is 0 Å². The molecule has 1 amide bonds. The first kappa shape index (κ1) is 17.5. The zero-order chi connectivity index (χ0) is 19.5. The molecule has 8 heteroatoms. The van der Waals surface area contributed by atoms with Gasteiger partial charge in [-0.2, -0.15) is 9.50 Å². The number of anilines is 1. The third kappa shape index (κ3) is 3.61. The number of ether oxygens (including phenoxy) is 1. The van der Waals surface area contributed by atoms with Gasteiger partial charge in [0.2, 0.25) is 5.95 Å². The number of nitrogens with one attached hydrogen (secondary N) is 2. The summed E-state index contributed by atoms with van der Waals surface area (Å²) in [6.45, 7) is 1.63. The minimum Gasteiger partial charge on any atom is -0.481 e. The second kappa shape index (κ2) is 7.36. The normalized spacial score (nSPS) is 11.9. The van der Waals surface area contributed by atoms with Crippen LogP contribution in [0.2, 0.25) is 0 Å². The number of aromatic nitrogens is 4. The lowest BCUT2D eigenvalue weighted by molar-refractivity contribution is -0.122. The quantitative estimate of drug-likeness (QED) is 0.558. The maximum Gasteiger partial charge on any atom is 0.274 e. The zero-order valence-corrected chi connectivity index (χ0v) is 15.0. The van der Waals surface area contributed by atoms with Crippen LogP contribution in [0.1, 0.15) is 6.92 Å². The lowest BCUT2D eigenvalue weighted by Crippen LogP contribution is -2.30. The van der Waals surface area contributed by atoms with Crippen molar-refractivity contribution in [3.8, 4) is 17.0 Å². The molecule has 0 saturated heterocycles. The smallest absolute Gasteiger partial charge is 0.274 e. The van der Waals surface area contributed by atoms with Crippen molar-refractivity contribution in [1.82, 2.24) is 19.6 Å². The van der Waals surface area contributed by atoms with E-state index in [9.17, 15) is 9.59 Å². The van der Waals surface area contributed by atoms with Crippen molar-refractivity contribution >= 4 is 17.6 Å². The Hall–Kier alpha value is -3.94. The van der Waals surface area contributed by atoms with Gasteiger partial charge in [0.15, 0.2) is 6.10 Å². The SMILES string of the molecule is C[C@H](Oc1ccccc1)C(=O)Nc1nc2nc(-c3ccccc3)cc(=O)n2[nH]1. The minimum atomic E-state index is -0.750. The van der Waals surface area contributed by atoms with Crippen LogP contribution in [0, 0.1) is 0 Å². The number of benzene rings is 2. The molecule has 0 bridgehead atoms. The highest BCUT2D eigenvalue weighted by Crippen LogP contribution is 2.16. The van der Waals surface area contributed by atoms with Gasteiger partial charge in [-0.15, -0.1) is 0 Å². The maximum absolute atomic E-state index is 12.4. The van der Waals surface area contributed by atoms with Crippen LogP contribution in [0.25, 0.3) is 17.0 Å². The molecule has 0 aliphatic carbocycles. The van der Waals surface area contributed by atoms with E-state index in [1.54, 1.807) is 19.1 Å². The zero-order valence-electron chi connectivity index (χ0n) is 15.0. The van der Waals surface area contributed by atoms with E-state index in [2.05, 4.69) is 20.4 Å². The van der Waals surface area contributed by atoms with Gasteiger partial charge in [0.05, 0.1) is 5.69 Å². The Kier molecular flexibility index (Phi) is 4.59. The number of nitrogens with zero attached hydrogens (tertiary/aromatic N) is 3. The molecule has 1 atom stereocenters. The number of carbonyl (C=O) groups is 1. The van der Waals surface area contributed by atoms with E-state index in [-0.39, 0.29) is 17.3 Å². The van der Waals surface area contributed by atoms with Crippen molar-refractivity contribution in [3.05, 3.63) is 77.1 Å². The molecular weight excluding hydrogens is 358 g/mol. The summed E-state index contributed by atoms with van der Waals surface area (Å²) in [5.41, 5.74) is 0.988. The van der Waals surface area contributed by atoms with Crippen molar-refractivity contribution in [1.29, 1.82) is 0 Å². The molecule has 2 heterocycles. The predicted octanol–water partition coefficient (Wildman–Crippen LogP) is 2.49. The molecule has 4 aromatic rings. The Labute approximate surface area is 159 Å². The summed E-state index contributed by atoms with van der Waals surface area (Å²) in [5.74, 6) is 0.459. The highest BCUT2D eigenvalue weighted by Gasteiger charge is 2.17. The van der Waals surface area contributed by atoms with E-state index in [0.29, 0.717) is 11.4 Å². The Balaban J connectivity index is 1.55. The van der Waals surface area contributed by atoms with E-state index in [1.165, 1.54) is 10.6 Å². The van der Waals surface area contributed by atoms with Gasteiger partial charge in [0, 0.05) is 11.6 Å². The number of rotatable bonds is 5. The monoisotopic (exact) mass is 375 g/mol. The van der Waals surface area contributed by atoms with Crippen LogP contribution in [0.3, 0.4) is 0 Å². The fraction of sp³-hybridized carbons (Fsp3) is 0.100. The van der Waals surface area contributed by atoms with Gasteiger partial charge < -0.3 is 4.74 Å². The van der Waals surface area contributed by atoms with Gasteiger partial charge in [0.1, 0.15) is 5.75 Å². The number of para-hydroxylation sites is 1. The van der Waals surface area contributed by atoms with Crippen LogP contribution in [0.5, 0.6) is 5.75 Å². The first-order valence-corrected chi connectivity index (χ1v) is 8.68. The highest BCUT2D eigenvalue weighted by atomic mass is 16.5. The van der Waals surface area contributed by atoms with Crippen LogP contribution < -0.4 is 15.6 Å². The molecule has 0 radical (unpaired) electrons. The largest absolute Gasteiger partial charge is 0.481 e. The van der Waals surface area contributed by atoms with Gasteiger partial charge in [-0.3, -0.25) is 20.0 Å². The third-order valence-electron chi connectivity index (χ3n) is 4.07. The standard InChI is InChI=1S/C20H17N5O3/c1-13(28-15-10-6-3-7-11-15)18(27)22-19-23-20-21-16(12-17(26)25(20)24-19)14-8-4-2-5-9-14/h2-13H,1H3,(H2,21,22,23,24,27)/t13-/m0/s1. The number of carbonyl (C=O) groups excluding carboxylic acids is 1. The molecule has 0 aliphatic heterocycles. The highest BCUT2D eigenvalue weighted by molar-refractivity contribution is 5.92. The molecular formula is C20H17N5O3. The molecule has 2 aromatic heterocycles. The number of aromatic amines is 1. The van der Waals surface area contributed by atoms with Gasteiger partial charge in [-0.05, 0) is 19.1 Å². The molecule has 0 fully saturated rings. The summed E-state index contributed by atoms with van der Waals surface area (Å²) in [7, 11) is 0. The molecule has 140 valence electrons. The van der Waals surface area contributed by atoms with Gasteiger partial charge in [-0.1, -0.05) is 48.5 Å². The molecule has 8 nitrogen and oxygen atoms in total. The van der Waals surface area contributed by atoms with E-state index < -0.39 is 12.0 Å². The topological polar surface area (TPSA) is 101 Å². The van der Waals surface area contributed by atoms with Crippen LogP contribution in [0.4, 0.5) is 5.95 Å². The molecule has 4 rings (SSSR count). The summed E-state index contributed by atoms with van der Waals surface area (Å²) in [5, 5.41) is 5.34.